The molecule has 0 bridgehead atoms. The second-order valence-corrected chi connectivity index (χ2v) is 9.03. The predicted octanol–water partition coefficient (Wildman–Crippen LogP) is 5.96. The van der Waals surface area contributed by atoms with Crippen molar-refractivity contribution in [3.05, 3.63) is 65.2 Å². The maximum atomic E-state index is 10.6. The summed E-state index contributed by atoms with van der Waals surface area (Å²) in [5, 5.41) is 15.7. The maximum absolute atomic E-state index is 10.6. The first kappa shape index (κ1) is 22.7. The summed E-state index contributed by atoms with van der Waals surface area (Å²) >= 11 is 6.38. The highest BCUT2D eigenvalue weighted by atomic mass is 35.5. The summed E-state index contributed by atoms with van der Waals surface area (Å²) < 4.78 is 11.5. The van der Waals surface area contributed by atoms with Gasteiger partial charge in [-0.1, -0.05) is 29.8 Å². The number of anilines is 1. The Morgan fingerprint density at radius 1 is 1.09 bits per heavy atom. The molecule has 2 N–H and O–H groups in total. The van der Waals surface area contributed by atoms with Gasteiger partial charge in [0.1, 0.15) is 22.9 Å². The number of aromatic hydroxyl groups is 1. The number of nitrogens with one attached hydrogen (secondary N) is 1. The van der Waals surface area contributed by atoms with Crippen molar-refractivity contribution in [3.63, 3.8) is 0 Å². The molecule has 1 aliphatic heterocycles. The Hall–Kier alpha value is -3.06. The third-order valence-electron chi connectivity index (χ3n) is 6.15. The molecule has 0 radical (unpaired) electrons. The van der Waals surface area contributed by atoms with Crippen LogP contribution in [0, 0.1) is 6.92 Å². The Labute approximate surface area is 204 Å². The van der Waals surface area contributed by atoms with E-state index in [-0.39, 0.29) is 5.75 Å². The number of benzene rings is 2. The number of rotatable bonds is 7. The monoisotopic (exact) mass is 477 g/mol. The Bertz CT molecular complexity index is 1260. The summed E-state index contributed by atoms with van der Waals surface area (Å²) in [4.78, 5) is 7.21. The number of fused-ring (bicyclic) bond motifs is 1. The lowest BCUT2D eigenvalue weighted by Gasteiger charge is -2.26. The number of para-hydroxylation sites is 1. The number of morpholine rings is 1. The molecule has 6 nitrogen and oxygen atoms in total. The molecule has 176 valence electrons. The Morgan fingerprint density at radius 3 is 2.74 bits per heavy atom. The molecule has 7 heteroatoms. The summed E-state index contributed by atoms with van der Waals surface area (Å²) in [7, 11) is 0. The molecule has 34 heavy (non-hydrogen) atoms. The molecule has 1 aliphatic rings. The number of halogens is 1. The Balaban J connectivity index is 1.44. The van der Waals surface area contributed by atoms with Gasteiger partial charge in [-0.05, 0) is 61.9 Å². The maximum Gasteiger partial charge on any atom is 0.135 e. The van der Waals surface area contributed by atoms with Crippen LogP contribution in [0.15, 0.2) is 59.0 Å². The number of pyridine rings is 1. The van der Waals surface area contributed by atoms with Crippen LogP contribution in [0.5, 0.6) is 5.75 Å². The van der Waals surface area contributed by atoms with Crippen LogP contribution in [0.25, 0.3) is 33.6 Å². The molecular weight excluding hydrogens is 450 g/mol. The minimum absolute atomic E-state index is 0.148. The van der Waals surface area contributed by atoms with E-state index in [1.54, 1.807) is 12.1 Å². The van der Waals surface area contributed by atoms with E-state index >= 15 is 0 Å². The molecule has 4 aromatic rings. The molecule has 1 fully saturated rings. The van der Waals surface area contributed by atoms with Gasteiger partial charge in [-0.3, -0.25) is 4.90 Å². The highest BCUT2D eigenvalue weighted by molar-refractivity contribution is 6.31. The van der Waals surface area contributed by atoms with Crippen LogP contribution in [-0.4, -0.2) is 54.4 Å². The summed E-state index contributed by atoms with van der Waals surface area (Å²) in [6, 6.07) is 17.3. The standard InChI is InChI=1S/C27H28ClN3O3/c1-18-13-24(32)21(17-22(18)28)23-14-20(26-15-19-5-2-3-6-25(19)34-26)16-27(30-23)29-7-4-8-31-9-11-33-12-10-31/h2-3,5-6,13-17,32H,4,7-12H2,1H3,(H,29,30). The quantitative estimate of drug-likeness (QED) is 0.320. The van der Waals surface area contributed by atoms with Gasteiger partial charge in [0.25, 0.3) is 0 Å². The molecule has 2 aromatic heterocycles. The van der Waals surface area contributed by atoms with E-state index < -0.39 is 0 Å². The van der Waals surface area contributed by atoms with Gasteiger partial charge >= 0.3 is 0 Å². The van der Waals surface area contributed by atoms with Crippen LogP contribution in [0.3, 0.4) is 0 Å². The zero-order valence-corrected chi connectivity index (χ0v) is 19.9. The third-order valence-corrected chi connectivity index (χ3v) is 6.56. The minimum Gasteiger partial charge on any atom is -0.507 e. The topological polar surface area (TPSA) is 70.8 Å². The summed E-state index contributed by atoms with van der Waals surface area (Å²) in [6.07, 6.45) is 0.994. The van der Waals surface area contributed by atoms with Crippen LogP contribution in [0.2, 0.25) is 5.02 Å². The molecule has 0 atom stereocenters. The van der Waals surface area contributed by atoms with Crippen molar-refractivity contribution in [2.75, 3.05) is 44.7 Å². The van der Waals surface area contributed by atoms with E-state index in [0.717, 1.165) is 79.5 Å². The van der Waals surface area contributed by atoms with Crippen molar-refractivity contribution in [1.29, 1.82) is 0 Å². The largest absolute Gasteiger partial charge is 0.507 e. The minimum atomic E-state index is 0.148. The summed E-state index contributed by atoms with van der Waals surface area (Å²) in [5.41, 5.74) is 3.75. The molecule has 0 spiro atoms. The van der Waals surface area contributed by atoms with Gasteiger partial charge in [0.2, 0.25) is 0 Å². The van der Waals surface area contributed by atoms with Gasteiger partial charge in [0, 0.05) is 41.2 Å². The van der Waals surface area contributed by atoms with Crippen molar-refractivity contribution in [2.45, 2.75) is 13.3 Å². The first-order chi connectivity index (χ1) is 16.6. The van der Waals surface area contributed by atoms with Gasteiger partial charge in [-0.15, -0.1) is 0 Å². The fourth-order valence-corrected chi connectivity index (χ4v) is 4.40. The van der Waals surface area contributed by atoms with Crippen LogP contribution < -0.4 is 5.32 Å². The average molecular weight is 478 g/mol. The van der Waals surface area contributed by atoms with Gasteiger partial charge in [0.15, 0.2) is 0 Å². The van der Waals surface area contributed by atoms with E-state index in [1.165, 1.54) is 0 Å². The second-order valence-electron chi connectivity index (χ2n) is 8.63. The number of aryl methyl sites for hydroxylation is 1. The Morgan fingerprint density at radius 2 is 1.91 bits per heavy atom. The molecule has 1 saturated heterocycles. The smallest absolute Gasteiger partial charge is 0.135 e. The zero-order chi connectivity index (χ0) is 23.5. The summed E-state index contributed by atoms with van der Waals surface area (Å²) in [6.45, 7) is 7.25. The average Bonchev–Trinajstić information content (AvgIpc) is 3.29. The summed E-state index contributed by atoms with van der Waals surface area (Å²) in [5.74, 6) is 1.62. The SMILES string of the molecule is Cc1cc(O)c(-c2cc(-c3cc4ccccc4o3)cc(NCCCN3CCOCC3)n2)cc1Cl. The fourth-order valence-electron chi connectivity index (χ4n) is 4.24. The van der Waals surface area contributed by atoms with Gasteiger partial charge in [0.05, 0.1) is 18.9 Å². The number of nitrogens with zero attached hydrogens (tertiary/aromatic N) is 2. The first-order valence-electron chi connectivity index (χ1n) is 11.6. The van der Waals surface area contributed by atoms with Crippen LogP contribution in [0.1, 0.15) is 12.0 Å². The molecular formula is C27H28ClN3O3. The van der Waals surface area contributed by atoms with E-state index in [9.17, 15) is 5.11 Å². The zero-order valence-electron chi connectivity index (χ0n) is 19.2. The normalized spacial score (nSPS) is 14.5. The number of hydrogen-bond donors (Lipinski definition) is 2. The van der Waals surface area contributed by atoms with E-state index in [2.05, 4.69) is 10.2 Å². The predicted molar refractivity (Wildman–Crippen MR) is 137 cm³/mol. The number of aromatic nitrogens is 1. The van der Waals surface area contributed by atoms with E-state index in [0.29, 0.717) is 16.3 Å². The van der Waals surface area contributed by atoms with Gasteiger partial charge in [-0.2, -0.15) is 0 Å². The van der Waals surface area contributed by atoms with Crippen molar-refractivity contribution in [3.8, 4) is 28.3 Å². The molecule has 5 rings (SSSR count). The molecule has 0 aliphatic carbocycles. The molecule has 2 aromatic carbocycles. The number of phenols is 1. The second kappa shape index (κ2) is 10.1. The molecule has 0 unspecified atom stereocenters. The highest BCUT2D eigenvalue weighted by Gasteiger charge is 2.15. The molecule has 0 amide bonds. The number of furan rings is 1. The van der Waals surface area contributed by atoms with E-state index in [1.807, 2.05) is 49.4 Å². The number of hydrogen-bond acceptors (Lipinski definition) is 6. The van der Waals surface area contributed by atoms with Crippen LogP contribution in [-0.2, 0) is 4.74 Å². The van der Waals surface area contributed by atoms with Crippen molar-refractivity contribution >= 4 is 28.4 Å². The van der Waals surface area contributed by atoms with Crippen molar-refractivity contribution < 1.29 is 14.3 Å². The lowest BCUT2D eigenvalue weighted by molar-refractivity contribution is 0.0378. The van der Waals surface area contributed by atoms with Crippen LogP contribution >= 0.6 is 11.6 Å². The van der Waals surface area contributed by atoms with E-state index in [4.69, 9.17) is 25.7 Å². The van der Waals surface area contributed by atoms with Gasteiger partial charge in [-0.25, -0.2) is 4.98 Å². The molecule has 3 heterocycles. The van der Waals surface area contributed by atoms with Crippen LogP contribution in [0.4, 0.5) is 5.82 Å². The van der Waals surface area contributed by atoms with Crippen molar-refractivity contribution in [1.82, 2.24) is 9.88 Å². The Kier molecular flexibility index (Phi) is 6.72. The molecule has 0 saturated carbocycles. The number of ether oxygens (including phenoxy) is 1. The lowest BCUT2D eigenvalue weighted by atomic mass is 10.0. The first-order valence-corrected chi connectivity index (χ1v) is 12.0. The van der Waals surface area contributed by atoms with Gasteiger partial charge < -0.3 is 19.6 Å². The lowest BCUT2D eigenvalue weighted by Crippen LogP contribution is -2.37. The highest BCUT2D eigenvalue weighted by Crippen LogP contribution is 2.37. The fraction of sp³-hybridized carbons (Fsp3) is 0.296. The number of phenolic OH excluding ortho intramolecular Hbond substituents is 1. The van der Waals surface area contributed by atoms with Crippen molar-refractivity contribution in [2.24, 2.45) is 0 Å². The third kappa shape index (κ3) is 5.04.